The number of hydrogen-bond acceptors (Lipinski definition) is 5. The van der Waals surface area contributed by atoms with E-state index in [4.69, 9.17) is 30.5 Å². The Balaban J connectivity index is 1.84. The lowest BCUT2D eigenvalue weighted by molar-refractivity contribution is -0.337. The minimum atomic E-state index is -0.705. The van der Waals surface area contributed by atoms with E-state index in [0.29, 0.717) is 6.61 Å². The van der Waals surface area contributed by atoms with Crippen LogP contribution in [0.4, 0.5) is 4.79 Å². The van der Waals surface area contributed by atoms with Gasteiger partial charge in [-0.05, 0) is 13.8 Å². The normalized spacial score (nSPS) is 47.7. The van der Waals surface area contributed by atoms with Gasteiger partial charge in [0.1, 0.15) is 18.2 Å². The van der Waals surface area contributed by atoms with Gasteiger partial charge in [0.05, 0.1) is 6.61 Å². The van der Waals surface area contributed by atoms with Crippen LogP contribution in [0.2, 0.25) is 0 Å². The SMILES string of the molecule is CC1(C)OC[C@H]2OC(Cl)[C@@H]3NC(=O)O[C@@H]3[C@@H]2O1. The van der Waals surface area contributed by atoms with Gasteiger partial charge in [0.25, 0.3) is 0 Å². The van der Waals surface area contributed by atoms with E-state index in [-0.39, 0.29) is 18.2 Å². The van der Waals surface area contributed by atoms with Crippen molar-refractivity contribution in [2.24, 2.45) is 0 Å². The second kappa shape index (κ2) is 3.71. The van der Waals surface area contributed by atoms with Crippen molar-refractivity contribution >= 4 is 17.7 Å². The molecular weight excluding hydrogens is 250 g/mol. The van der Waals surface area contributed by atoms with E-state index >= 15 is 0 Å². The van der Waals surface area contributed by atoms with Crippen LogP contribution >= 0.6 is 11.6 Å². The number of rotatable bonds is 0. The number of carbonyl (C=O) groups excluding carboxylic acids is 1. The number of ether oxygens (including phenoxy) is 4. The summed E-state index contributed by atoms with van der Waals surface area (Å²) in [6.45, 7) is 4.01. The quantitative estimate of drug-likeness (QED) is 0.648. The summed E-state index contributed by atoms with van der Waals surface area (Å²) in [5.41, 5.74) is -0.624. The van der Waals surface area contributed by atoms with E-state index in [0.717, 1.165) is 0 Å². The van der Waals surface area contributed by atoms with Gasteiger partial charge in [0.2, 0.25) is 0 Å². The molecule has 3 rings (SSSR count). The lowest BCUT2D eigenvalue weighted by Gasteiger charge is -2.47. The van der Waals surface area contributed by atoms with E-state index in [9.17, 15) is 4.79 Å². The minimum absolute atomic E-state index is 0.306. The topological polar surface area (TPSA) is 66.0 Å². The molecule has 0 radical (unpaired) electrons. The van der Waals surface area contributed by atoms with Crippen LogP contribution in [-0.4, -0.2) is 48.4 Å². The van der Waals surface area contributed by atoms with Crippen molar-refractivity contribution in [3.63, 3.8) is 0 Å². The summed E-state index contributed by atoms with van der Waals surface area (Å²) in [4.78, 5) is 11.3. The van der Waals surface area contributed by atoms with E-state index in [1.54, 1.807) is 0 Å². The molecule has 0 bridgehead atoms. The Labute approximate surface area is 103 Å². The molecule has 5 atom stereocenters. The maximum Gasteiger partial charge on any atom is 0.408 e. The molecular formula is C10H14ClNO5. The van der Waals surface area contributed by atoms with Crippen molar-refractivity contribution in [3.8, 4) is 0 Å². The summed E-state index contributed by atoms with van der Waals surface area (Å²) >= 11 is 6.05. The fraction of sp³-hybridized carbons (Fsp3) is 0.900. The average Bonchev–Trinajstić information content (AvgIpc) is 2.62. The molecule has 7 heteroatoms. The maximum absolute atomic E-state index is 11.3. The van der Waals surface area contributed by atoms with Gasteiger partial charge in [0.15, 0.2) is 17.5 Å². The third-order valence-electron chi connectivity index (χ3n) is 3.17. The highest BCUT2D eigenvalue weighted by atomic mass is 35.5. The van der Waals surface area contributed by atoms with Crippen LogP contribution in [0.1, 0.15) is 13.8 Å². The number of alkyl carbamates (subject to hydrolysis) is 1. The van der Waals surface area contributed by atoms with Crippen molar-refractivity contribution in [1.82, 2.24) is 5.32 Å². The van der Waals surface area contributed by atoms with Gasteiger partial charge < -0.3 is 24.3 Å². The molecule has 6 nitrogen and oxygen atoms in total. The number of alkyl halides is 1. The highest BCUT2D eigenvalue weighted by Crippen LogP contribution is 2.36. The fourth-order valence-corrected chi connectivity index (χ4v) is 2.74. The zero-order valence-electron chi connectivity index (χ0n) is 9.51. The highest BCUT2D eigenvalue weighted by molar-refractivity contribution is 6.20. The molecule has 0 aromatic heterocycles. The lowest BCUT2D eigenvalue weighted by Crippen LogP contribution is -2.63. The Bertz CT molecular complexity index is 350. The van der Waals surface area contributed by atoms with Crippen molar-refractivity contribution in [2.45, 2.75) is 49.6 Å². The minimum Gasteiger partial charge on any atom is -0.441 e. The van der Waals surface area contributed by atoms with Crippen LogP contribution in [0.5, 0.6) is 0 Å². The molecule has 1 unspecified atom stereocenters. The number of hydrogen-bond donors (Lipinski definition) is 1. The van der Waals surface area contributed by atoms with Gasteiger partial charge in [-0.1, -0.05) is 11.6 Å². The first kappa shape index (κ1) is 11.5. The van der Waals surface area contributed by atoms with Crippen molar-refractivity contribution < 1.29 is 23.7 Å². The molecule has 1 amide bonds. The molecule has 0 saturated carbocycles. The molecule has 0 aromatic carbocycles. The molecule has 1 N–H and O–H groups in total. The standard InChI is InChI=1S/C10H14ClNO5/c1-10(2)14-3-4-6(17-10)7-5(8(11)15-4)12-9(13)16-7/h4-8H,3H2,1-2H3,(H,12,13)/t4-,5-,6-,7+,8?/m1/s1. The van der Waals surface area contributed by atoms with E-state index in [2.05, 4.69) is 5.32 Å². The number of nitrogens with one attached hydrogen (secondary N) is 1. The fourth-order valence-electron chi connectivity index (χ4n) is 2.40. The Morgan fingerprint density at radius 2 is 2.18 bits per heavy atom. The number of carbonyl (C=O) groups is 1. The van der Waals surface area contributed by atoms with Crippen molar-refractivity contribution in [1.29, 1.82) is 0 Å². The van der Waals surface area contributed by atoms with E-state index in [1.807, 2.05) is 13.8 Å². The van der Waals surface area contributed by atoms with Crippen LogP contribution in [0.3, 0.4) is 0 Å². The van der Waals surface area contributed by atoms with Gasteiger partial charge in [-0.15, -0.1) is 0 Å². The molecule has 0 spiro atoms. The molecule has 3 fully saturated rings. The molecule has 3 aliphatic heterocycles. The summed E-state index contributed by atoms with van der Waals surface area (Å²) in [7, 11) is 0. The zero-order chi connectivity index (χ0) is 12.2. The largest absolute Gasteiger partial charge is 0.441 e. The van der Waals surface area contributed by atoms with Crippen LogP contribution in [0.15, 0.2) is 0 Å². The Kier molecular flexibility index (Phi) is 2.52. The van der Waals surface area contributed by atoms with Crippen LogP contribution in [0.25, 0.3) is 0 Å². The first-order valence-corrected chi connectivity index (χ1v) is 5.98. The van der Waals surface area contributed by atoms with Crippen LogP contribution in [0, 0.1) is 0 Å². The average molecular weight is 264 g/mol. The molecule has 17 heavy (non-hydrogen) atoms. The first-order valence-electron chi connectivity index (χ1n) is 5.55. The lowest BCUT2D eigenvalue weighted by atomic mass is 9.97. The predicted octanol–water partition coefficient (Wildman–Crippen LogP) is 0.579. The summed E-state index contributed by atoms with van der Waals surface area (Å²) in [6, 6.07) is -0.376. The first-order chi connectivity index (χ1) is 7.96. The molecule has 3 aliphatic rings. The van der Waals surface area contributed by atoms with Crippen LogP contribution < -0.4 is 5.32 Å². The maximum atomic E-state index is 11.3. The molecule has 3 saturated heterocycles. The monoisotopic (exact) mass is 263 g/mol. The molecule has 0 aliphatic carbocycles. The highest BCUT2D eigenvalue weighted by Gasteiger charge is 2.55. The van der Waals surface area contributed by atoms with Crippen molar-refractivity contribution in [2.75, 3.05) is 6.61 Å². The molecule has 96 valence electrons. The number of fused-ring (bicyclic) bond motifs is 3. The summed E-state index contributed by atoms with van der Waals surface area (Å²) in [6.07, 6.45) is -1.56. The second-order valence-corrected chi connectivity index (χ2v) is 5.29. The van der Waals surface area contributed by atoms with Gasteiger partial charge in [-0.3, -0.25) is 0 Å². The third kappa shape index (κ3) is 1.89. The van der Waals surface area contributed by atoms with E-state index in [1.165, 1.54) is 0 Å². The predicted molar refractivity (Wildman–Crippen MR) is 56.6 cm³/mol. The van der Waals surface area contributed by atoms with Gasteiger partial charge in [0, 0.05) is 0 Å². The Hall–Kier alpha value is -0.560. The molecule has 0 aromatic rings. The summed E-state index contributed by atoms with van der Waals surface area (Å²) < 4.78 is 22.0. The number of halogens is 1. The number of amides is 1. The summed E-state index contributed by atoms with van der Waals surface area (Å²) in [5.74, 6) is -0.705. The Morgan fingerprint density at radius 1 is 1.41 bits per heavy atom. The van der Waals surface area contributed by atoms with Gasteiger partial charge in [-0.25, -0.2) is 4.79 Å². The van der Waals surface area contributed by atoms with Gasteiger partial charge >= 0.3 is 6.09 Å². The second-order valence-electron chi connectivity index (χ2n) is 4.86. The van der Waals surface area contributed by atoms with Crippen molar-refractivity contribution in [3.05, 3.63) is 0 Å². The Morgan fingerprint density at radius 3 is 2.94 bits per heavy atom. The third-order valence-corrected chi connectivity index (χ3v) is 3.55. The van der Waals surface area contributed by atoms with E-state index < -0.39 is 23.5 Å². The zero-order valence-corrected chi connectivity index (χ0v) is 10.3. The smallest absolute Gasteiger partial charge is 0.408 e. The van der Waals surface area contributed by atoms with Gasteiger partial charge in [-0.2, -0.15) is 0 Å². The summed E-state index contributed by atoms with van der Waals surface area (Å²) in [5, 5.41) is 2.63. The van der Waals surface area contributed by atoms with Crippen LogP contribution in [-0.2, 0) is 18.9 Å². The molecule has 3 heterocycles.